The van der Waals surface area contributed by atoms with Crippen LogP contribution >= 0.6 is 35.3 Å². The third-order valence-corrected chi connectivity index (χ3v) is 6.41. The van der Waals surface area contributed by atoms with Crippen molar-refractivity contribution in [1.82, 2.24) is 5.32 Å². The van der Waals surface area contributed by atoms with Gasteiger partial charge in [-0.3, -0.25) is 0 Å². The number of rotatable bonds is 6. The van der Waals surface area contributed by atoms with E-state index < -0.39 is 0 Å². The maximum absolute atomic E-state index is 3.57. The molecule has 4 heteroatoms. The van der Waals surface area contributed by atoms with Gasteiger partial charge in [-0.15, -0.1) is 11.8 Å². The summed E-state index contributed by atoms with van der Waals surface area (Å²) in [5, 5.41) is 4.40. The first-order valence-electron chi connectivity index (χ1n) is 6.03. The van der Waals surface area contributed by atoms with Gasteiger partial charge in [0.1, 0.15) is 0 Å². The highest BCUT2D eigenvalue weighted by Gasteiger charge is 2.12. The van der Waals surface area contributed by atoms with Gasteiger partial charge >= 0.3 is 0 Å². The molecule has 1 aliphatic rings. The van der Waals surface area contributed by atoms with Gasteiger partial charge in [0.05, 0.1) is 0 Å². The second kappa shape index (κ2) is 8.35. The van der Waals surface area contributed by atoms with E-state index in [2.05, 4.69) is 59.2 Å². The molecule has 1 nitrogen and oxygen atoms in total. The zero-order chi connectivity index (χ0) is 11.8. The Labute approximate surface area is 117 Å². The molecule has 1 aromatic carbocycles. The van der Waals surface area contributed by atoms with E-state index in [9.17, 15) is 0 Å². The van der Waals surface area contributed by atoms with Crippen LogP contribution in [0.25, 0.3) is 0 Å². The Balaban J connectivity index is 1.51. The number of nitrogens with one attached hydrogen (secondary N) is 1. The minimum atomic E-state index is 0.829. The molecular formula is C13H19NS3. The van der Waals surface area contributed by atoms with Crippen molar-refractivity contribution in [3.63, 3.8) is 0 Å². The van der Waals surface area contributed by atoms with Gasteiger partial charge < -0.3 is 5.32 Å². The van der Waals surface area contributed by atoms with Gasteiger partial charge in [-0.05, 0) is 12.1 Å². The van der Waals surface area contributed by atoms with E-state index in [0.29, 0.717) is 0 Å². The van der Waals surface area contributed by atoms with Gasteiger partial charge in [-0.2, -0.15) is 23.5 Å². The molecular weight excluding hydrogens is 266 g/mol. The highest BCUT2D eigenvalue weighted by Crippen LogP contribution is 2.23. The zero-order valence-electron chi connectivity index (χ0n) is 9.93. The van der Waals surface area contributed by atoms with E-state index in [4.69, 9.17) is 0 Å². The van der Waals surface area contributed by atoms with E-state index in [0.717, 1.165) is 17.5 Å². The normalized spacial score (nSPS) is 20.4. The number of hydrogen-bond acceptors (Lipinski definition) is 4. The van der Waals surface area contributed by atoms with Crippen molar-refractivity contribution in [2.45, 2.75) is 10.1 Å². The second-order valence-electron chi connectivity index (χ2n) is 3.93. The predicted octanol–water partition coefficient (Wildman–Crippen LogP) is 3.22. The van der Waals surface area contributed by atoms with Crippen LogP contribution in [0.3, 0.4) is 0 Å². The van der Waals surface area contributed by atoms with Crippen molar-refractivity contribution in [3.05, 3.63) is 30.3 Å². The maximum Gasteiger partial charge on any atom is 0.0263 e. The predicted molar refractivity (Wildman–Crippen MR) is 83.6 cm³/mol. The Kier molecular flexibility index (Phi) is 6.71. The fraction of sp³-hybridized carbons (Fsp3) is 0.538. The summed E-state index contributed by atoms with van der Waals surface area (Å²) < 4.78 is 0. The zero-order valence-corrected chi connectivity index (χ0v) is 12.4. The number of thioether (sulfide) groups is 3. The molecule has 1 fully saturated rings. The Morgan fingerprint density at radius 2 is 2.12 bits per heavy atom. The molecule has 2 rings (SSSR count). The summed E-state index contributed by atoms with van der Waals surface area (Å²) in [6.45, 7) is 2.29. The SMILES string of the molecule is c1ccc(SCCNCC2CSCCS2)cc1. The first-order valence-corrected chi connectivity index (χ1v) is 9.22. The summed E-state index contributed by atoms with van der Waals surface area (Å²) in [6, 6.07) is 10.6. The van der Waals surface area contributed by atoms with Crippen molar-refractivity contribution in [1.29, 1.82) is 0 Å². The third kappa shape index (κ3) is 5.60. The smallest absolute Gasteiger partial charge is 0.0263 e. The van der Waals surface area contributed by atoms with E-state index in [-0.39, 0.29) is 0 Å². The molecule has 0 aliphatic carbocycles. The Morgan fingerprint density at radius 3 is 2.88 bits per heavy atom. The molecule has 1 unspecified atom stereocenters. The maximum atomic E-state index is 3.57. The Morgan fingerprint density at radius 1 is 1.24 bits per heavy atom. The van der Waals surface area contributed by atoms with Crippen molar-refractivity contribution >= 4 is 35.3 Å². The summed E-state index contributed by atoms with van der Waals surface area (Å²) in [7, 11) is 0. The van der Waals surface area contributed by atoms with Gasteiger partial charge in [-0.25, -0.2) is 0 Å². The molecule has 94 valence electrons. The topological polar surface area (TPSA) is 12.0 Å². The van der Waals surface area contributed by atoms with Crippen LogP contribution < -0.4 is 5.32 Å². The van der Waals surface area contributed by atoms with Gasteiger partial charge in [0, 0.05) is 46.2 Å². The fourth-order valence-corrected chi connectivity index (χ4v) is 5.15. The summed E-state index contributed by atoms with van der Waals surface area (Å²) >= 11 is 6.16. The molecule has 1 N–H and O–H groups in total. The van der Waals surface area contributed by atoms with Crippen LogP contribution in [-0.2, 0) is 0 Å². The lowest BCUT2D eigenvalue weighted by Gasteiger charge is -2.21. The van der Waals surface area contributed by atoms with Crippen LogP contribution in [0.5, 0.6) is 0 Å². The van der Waals surface area contributed by atoms with Crippen LogP contribution in [0.2, 0.25) is 0 Å². The lowest BCUT2D eigenvalue weighted by Crippen LogP contribution is -2.30. The van der Waals surface area contributed by atoms with Crippen LogP contribution in [0.15, 0.2) is 35.2 Å². The third-order valence-electron chi connectivity index (χ3n) is 2.55. The molecule has 1 saturated heterocycles. The minimum Gasteiger partial charge on any atom is -0.315 e. The monoisotopic (exact) mass is 285 g/mol. The van der Waals surface area contributed by atoms with E-state index in [1.807, 2.05) is 11.8 Å². The highest BCUT2D eigenvalue weighted by molar-refractivity contribution is 8.06. The number of hydrogen-bond donors (Lipinski definition) is 1. The second-order valence-corrected chi connectivity index (χ2v) is 7.66. The summed E-state index contributed by atoms with van der Waals surface area (Å²) in [5.41, 5.74) is 0. The van der Waals surface area contributed by atoms with Crippen LogP contribution in [0.1, 0.15) is 0 Å². The largest absolute Gasteiger partial charge is 0.315 e. The molecule has 1 aromatic rings. The van der Waals surface area contributed by atoms with Gasteiger partial charge in [0.15, 0.2) is 0 Å². The molecule has 0 aromatic heterocycles. The average molecular weight is 286 g/mol. The van der Waals surface area contributed by atoms with Crippen LogP contribution in [-0.4, -0.2) is 41.4 Å². The van der Waals surface area contributed by atoms with E-state index >= 15 is 0 Å². The molecule has 1 aliphatic heterocycles. The molecule has 0 amide bonds. The van der Waals surface area contributed by atoms with Crippen LogP contribution in [0, 0.1) is 0 Å². The molecule has 0 spiro atoms. The quantitative estimate of drug-likeness (QED) is 0.636. The Bertz CT molecular complexity index is 299. The van der Waals surface area contributed by atoms with Gasteiger partial charge in [0.2, 0.25) is 0 Å². The van der Waals surface area contributed by atoms with E-state index in [1.165, 1.54) is 28.7 Å². The fourth-order valence-electron chi connectivity index (χ4n) is 1.68. The molecule has 0 bridgehead atoms. The molecule has 17 heavy (non-hydrogen) atoms. The summed E-state index contributed by atoms with van der Waals surface area (Å²) in [5.74, 6) is 5.15. The highest BCUT2D eigenvalue weighted by atomic mass is 32.2. The first kappa shape index (κ1) is 13.7. The summed E-state index contributed by atoms with van der Waals surface area (Å²) in [4.78, 5) is 1.37. The van der Waals surface area contributed by atoms with Crippen LogP contribution in [0.4, 0.5) is 0 Å². The first-order chi connectivity index (χ1) is 8.45. The van der Waals surface area contributed by atoms with Crippen molar-refractivity contribution in [2.24, 2.45) is 0 Å². The Hall–Kier alpha value is 0.230. The lowest BCUT2D eigenvalue weighted by molar-refractivity contribution is 0.720. The van der Waals surface area contributed by atoms with Gasteiger partial charge in [0.25, 0.3) is 0 Å². The average Bonchev–Trinajstić information content (AvgIpc) is 2.41. The standard InChI is InChI=1S/C13H19NS3/c1-2-4-12(5-3-1)16-7-6-14-10-13-11-15-8-9-17-13/h1-5,13-14H,6-11H2. The van der Waals surface area contributed by atoms with Crippen molar-refractivity contribution < 1.29 is 0 Å². The van der Waals surface area contributed by atoms with Gasteiger partial charge in [-0.1, -0.05) is 18.2 Å². The lowest BCUT2D eigenvalue weighted by atomic mass is 10.4. The van der Waals surface area contributed by atoms with Crippen molar-refractivity contribution in [2.75, 3.05) is 36.1 Å². The van der Waals surface area contributed by atoms with Crippen molar-refractivity contribution in [3.8, 4) is 0 Å². The molecule has 0 saturated carbocycles. The molecule has 0 radical (unpaired) electrons. The summed E-state index contributed by atoms with van der Waals surface area (Å²) in [6.07, 6.45) is 0. The molecule has 1 heterocycles. The van der Waals surface area contributed by atoms with E-state index in [1.54, 1.807) is 0 Å². The number of benzene rings is 1. The minimum absolute atomic E-state index is 0.829. The molecule has 1 atom stereocenters.